The third-order valence-electron chi connectivity index (χ3n) is 18.0. The van der Waals surface area contributed by atoms with Crippen LogP contribution in [0.5, 0.6) is 0 Å². The van der Waals surface area contributed by atoms with Crippen molar-refractivity contribution in [3.05, 3.63) is 24.3 Å². The van der Waals surface area contributed by atoms with Gasteiger partial charge in [0.2, 0.25) is 5.91 Å². The van der Waals surface area contributed by atoms with Gasteiger partial charge < -0.3 is 20.3 Å². The predicted molar refractivity (Wildman–Crippen MR) is 366 cm³/mol. The number of hydrogen-bond acceptors (Lipinski definition) is 5. The number of amides is 1. The van der Waals surface area contributed by atoms with Gasteiger partial charge in [-0.25, -0.2) is 0 Å². The molecule has 0 saturated heterocycles. The maximum Gasteiger partial charge on any atom is 0.305 e. The highest BCUT2D eigenvalue weighted by atomic mass is 16.5. The van der Waals surface area contributed by atoms with Crippen molar-refractivity contribution in [2.24, 2.45) is 0 Å². The molecular formula is C77H149NO5. The fourth-order valence-electron chi connectivity index (χ4n) is 12.2. The van der Waals surface area contributed by atoms with E-state index < -0.39 is 12.1 Å². The maximum absolute atomic E-state index is 12.5. The zero-order chi connectivity index (χ0) is 59.9. The molecule has 6 nitrogen and oxygen atoms in total. The van der Waals surface area contributed by atoms with Crippen molar-refractivity contribution in [1.29, 1.82) is 0 Å². The molecule has 0 aliphatic heterocycles. The maximum atomic E-state index is 12.5. The third kappa shape index (κ3) is 69.3. The molecule has 0 radical (unpaired) electrons. The quantitative estimate of drug-likeness (QED) is 0.0320. The van der Waals surface area contributed by atoms with Crippen LogP contribution < -0.4 is 5.32 Å². The average molecular weight is 1170 g/mol. The molecule has 0 fully saturated rings. The molecule has 0 bridgehead atoms. The number of carbonyl (C=O) groups is 2. The topological polar surface area (TPSA) is 95.9 Å². The molecule has 3 N–H and O–H groups in total. The van der Waals surface area contributed by atoms with E-state index in [1.165, 1.54) is 366 Å². The number of nitrogens with one attached hydrogen (secondary N) is 1. The van der Waals surface area contributed by atoms with Crippen LogP contribution in [0.3, 0.4) is 0 Å². The van der Waals surface area contributed by atoms with Crippen LogP contribution in [0, 0.1) is 0 Å². The zero-order valence-corrected chi connectivity index (χ0v) is 56.5. The second-order valence-corrected chi connectivity index (χ2v) is 26.3. The molecular weight excluding hydrogens is 1020 g/mol. The zero-order valence-electron chi connectivity index (χ0n) is 56.5. The minimum Gasteiger partial charge on any atom is -0.466 e. The van der Waals surface area contributed by atoms with Crippen LogP contribution in [0.1, 0.15) is 431 Å². The molecule has 0 aromatic carbocycles. The summed E-state index contributed by atoms with van der Waals surface area (Å²) >= 11 is 0. The van der Waals surface area contributed by atoms with Crippen molar-refractivity contribution in [1.82, 2.24) is 5.32 Å². The molecule has 2 atom stereocenters. The molecule has 0 saturated carbocycles. The Balaban J connectivity index is 3.33. The lowest BCUT2D eigenvalue weighted by molar-refractivity contribution is -0.143. The number of aliphatic hydroxyl groups is 2. The summed E-state index contributed by atoms with van der Waals surface area (Å²) in [6, 6.07) is -0.625. The first kappa shape index (κ1) is 81.3. The molecule has 0 aliphatic rings. The lowest BCUT2D eigenvalue weighted by atomic mass is 10.0. The van der Waals surface area contributed by atoms with E-state index >= 15 is 0 Å². The number of carbonyl (C=O) groups excluding carboxylic acids is 2. The average Bonchev–Trinajstić information content (AvgIpc) is 3.49. The number of hydrogen-bond donors (Lipinski definition) is 3. The Hall–Kier alpha value is -1.66. The van der Waals surface area contributed by atoms with Gasteiger partial charge in [-0.3, -0.25) is 9.59 Å². The summed E-state index contributed by atoms with van der Waals surface area (Å²) in [5.74, 6) is -0.0384. The first-order chi connectivity index (χ1) is 41.0. The third-order valence-corrected chi connectivity index (χ3v) is 18.0. The highest BCUT2D eigenvalue weighted by Gasteiger charge is 2.18. The van der Waals surface area contributed by atoms with E-state index in [2.05, 4.69) is 31.3 Å². The van der Waals surface area contributed by atoms with Crippen LogP contribution in [0.25, 0.3) is 0 Å². The second-order valence-electron chi connectivity index (χ2n) is 26.3. The summed E-state index contributed by atoms with van der Waals surface area (Å²) in [7, 11) is 0. The molecule has 0 rings (SSSR count). The van der Waals surface area contributed by atoms with Gasteiger partial charge in [-0.2, -0.15) is 0 Å². The Bertz CT molecular complexity index is 1300. The summed E-state index contributed by atoms with van der Waals surface area (Å²) in [5, 5.41) is 23.2. The molecule has 83 heavy (non-hydrogen) atoms. The number of ether oxygens (including phenoxy) is 1. The van der Waals surface area contributed by atoms with Crippen LogP contribution >= 0.6 is 0 Å². The van der Waals surface area contributed by atoms with Crippen LogP contribution in [-0.2, 0) is 14.3 Å². The predicted octanol–water partition coefficient (Wildman–Crippen LogP) is 24.9. The summed E-state index contributed by atoms with van der Waals surface area (Å²) < 4.78 is 5.52. The van der Waals surface area contributed by atoms with E-state index in [9.17, 15) is 19.8 Å². The number of rotatable bonds is 72. The SMILES string of the molecule is CCCCCCCCCCCCCC/C=C/C(O)C(CO)NC(=O)CCCCCCCCCCCCCCCCCCC/C=C\CCCCCCCCCCCCCCOC(=O)CCCCCCCCCCCCCCCCCCCCC. The van der Waals surface area contributed by atoms with Gasteiger partial charge in [-0.05, 0) is 57.8 Å². The normalized spacial score (nSPS) is 12.6. The number of unbranched alkanes of at least 4 members (excludes halogenated alkanes) is 59. The van der Waals surface area contributed by atoms with Crippen molar-refractivity contribution in [2.75, 3.05) is 13.2 Å². The Morgan fingerprint density at radius 1 is 0.325 bits per heavy atom. The molecule has 0 aliphatic carbocycles. The van der Waals surface area contributed by atoms with Crippen LogP contribution in [-0.4, -0.2) is 47.4 Å². The molecule has 0 aromatic rings. The first-order valence-electron chi connectivity index (χ1n) is 38.1. The number of allylic oxidation sites excluding steroid dienone is 3. The smallest absolute Gasteiger partial charge is 0.305 e. The summed E-state index contributed by atoms with van der Waals surface area (Å²) in [6.07, 6.45) is 92.9. The lowest BCUT2D eigenvalue weighted by Crippen LogP contribution is -2.45. The van der Waals surface area contributed by atoms with E-state index in [0.717, 1.165) is 38.5 Å². The van der Waals surface area contributed by atoms with Gasteiger partial charge in [0, 0.05) is 12.8 Å². The van der Waals surface area contributed by atoms with Crippen LogP contribution in [0.2, 0.25) is 0 Å². The molecule has 0 aromatic heterocycles. The van der Waals surface area contributed by atoms with Gasteiger partial charge in [0.15, 0.2) is 0 Å². The number of esters is 1. The minimum absolute atomic E-state index is 0.0241. The standard InChI is InChI=1S/C77H149NO5/c1-3-5-7-9-11-13-15-17-19-20-36-40-43-47-51-55-59-63-67-71-77(82)83-72-68-64-60-56-52-48-44-41-38-35-33-31-29-27-25-23-21-22-24-26-28-30-32-34-37-39-42-46-50-54-58-62-66-70-76(81)78-74(73-79)75(80)69-65-61-57-53-49-45-18-16-14-12-10-8-6-4-2/h25,27,65,69,74-75,79-80H,3-24,26,28-64,66-68,70-73H2,1-2H3,(H,78,81)/b27-25-,69-65+. The highest BCUT2D eigenvalue weighted by molar-refractivity contribution is 5.76. The van der Waals surface area contributed by atoms with Gasteiger partial charge in [-0.15, -0.1) is 0 Å². The molecule has 2 unspecified atom stereocenters. The van der Waals surface area contributed by atoms with Crippen LogP contribution in [0.4, 0.5) is 0 Å². The van der Waals surface area contributed by atoms with Gasteiger partial charge in [0.1, 0.15) is 0 Å². The fourth-order valence-corrected chi connectivity index (χ4v) is 12.2. The molecule has 0 heterocycles. The Morgan fingerprint density at radius 3 is 0.855 bits per heavy atom. The van der Waals surface area contributed by atoms with Gasteiger partial charge in [0.05, 0.1) is 25.4 Å². The summed E-state index contributed by atoms with van der Waals surface area (Å²) in [4.78, 5) is 24.6. The van der Waals surface area contributed by atoms with Crippen LogP contribution in [0.15, 0.2) is 24.3 Å². The highest BCUT2D eigenvalue weighted by Crippen LogP contribution is 2.19. The van der Waals surface area contributed by atoms with E-state index in [1.807, 2.05) is 6.08 Å². The number of aliphatic hydroxyl groups excluding tert-OH is 2. The molecule has 492 valence electrons. The second kappa shape index (κ2) is 72.8. The van der Waals surface area contributed by atoms with Crippen molar-refractivity contribution in [3.8, 4) is 0 Å². The minimum atomic E-state index is -0.841. The van der Waals surface area contributed by atoms with Crippen molar-refractivity contribution < 1.29 is 24.5 Å². The largest absolute Gasteiger partial charge is 0.466 e. The van der Waals surface area contributed by atoms with Crippen molar-refractivity contribution in [2.45, 2.75) is 443 Å². The fraction of sp³-hybridized carbons (Fsp3) is 0.922. The summed E-state index contributed by atoms with van der Waals surface area (Å²) in [6.45, 7) is 4.95. The summed E-state index contributed by atoms with van der Waals surface area (Å²) in [5.41, 5.74) is 0. The van der Waals surface area contributed by atoms with Gasteiger partial charge in [0.25, 0.3) is 0 Å². The first-order valence-corrected chi connectivity index (χ1v) is 38.1. The van der Waals surface area contributed by atoms with E-state index in [-0.39, 0.29) is 18.5 Å². The van der Waals surface area contributed by atoms with Gasteiger partial charge in [-0.1, -0.05) is 385 Å². The van der Waals surface area contributed by atoms with E-state index in [4.69, 9.17) is 4.74 Å². The van der Waals surface area contributed by atoms with Crippen molar-refractivity contribution >= 4 is 11.9 Å². The van der Waals surface area contributed by atoms with Crippen molar-refractivity contribution in [3.63, 3.8) is 0 Å². The van der Waals surface area contributed by atoms with E-state index in [1.54, 1.807) is 6.08 Å². The monoisotopic (exact) mass is 1170 g/mol. The Labute approximate surface area is 520 Å². The molecule has 6 heteroatoms. The lowest BCUT2D eigenvalue weighted by Gasteiger charge is -2.20. The Kier molecular flexibility index (Phi) is 71.4. The Morgan fingerprint density at radius 2 is 0.566 bits per heavy atom. The molecule has 1 amide bonds. The molecule has 0 spiro atoms. The van der Waals surface area contributed by atoms with E-state index in [0.29, 0.717) is 19.4 Å². The van der Waals surface area contributed by atoms with Gasteiger partial charge >= 0.3 is 5.97 Å².